The molecular weight excluding hydrogens is 431 g/mol. The van der Waals surface area contributed by atoms with Crippen LogP contribution in [0.25, 0.3) is 0 Å². The third-order valence-electron chi connectivity index (χ3n) is 3.00. The molecule has 2 rings (SSSR count). The van der Waals surface area contributed by atoms with Crippen LogP contribution >= 0.6 is 46.9 Å². The quantitative estimate of drug-likeness (QED) is 0.436. The number of halogens is 2. The molecule has 0 aliphatic heterocycles. The third-order valence-corrected chi connectivity index (χ3v) is 4.08. The molecule has 1 aromatic heterocycles. The molecule has 0 saturated heterocycles. The second-order valence-electron chi connectivity index (χ2n) is 4.74. The van der Waals surface area contributed by atoms with E-state index >= 15 is 0 Å². The predicted molar refractivity (Wildman–Crippen MR) is 105 cm³/mol. The number of nitrogens with zero attached hydrogens (tertiary/aromatic N) is 3. The van der Waals surface area contributed by atoms with E-state index in [2.05, 4.69) is 25.6 Å². The molecule has 0 amide bonds. The monoisotopic (exact) mass is 450 g/mol. The van der Waals surface area contributed by atoms with Gasteiger partial charge in [-0.3, -0.25) is 4.99 Å². The Labute approximate surface area is 157 Å². The first kappa shape index (κ1) is 19.2. The summed E-state index contributed by atoms with van der Waals surface area (Å²) in [5.74, 6) is 0.843. The van der Waals surface area contributed by atoms with Gasteiger partial charge in [-0.1, -0.05) is 23.7 Å². The van der Waals surface area contributed by atoms with Gasteiger partial charge in [0, 0.05) is 31.0 Å². The minimum Gasteiger partial charge on any atom is -0.352 e. The van der Waals surface area contributed by atoms with Gasteiger partial charge in [0.2, 0.25) is 0 Å². The molecule has 0 fully saturated rings. The van der Waals surface area contributed by atoms with Crippen molar-refractivity contribution in [3.05, 3.63) is 50.9 Å². The lowest BCUT2D eigenvalue weighted by atomic mass is 10.2. The van der Waals surface area contributed by atoms with Crippen LogP contribution in [-0.2, 0) is 13.1 Å². The standard InChI is InChI=1S/C15H19ClN4S.HI/c1-11-19-14(10-21-11)9-20(3)15(17-2)18-8-12-4-6-13(16)7-5-12;/h4-7,10H,8-9H2,1-3H3,(H,17,18);1H. The normalized spacial score (nSPS) is 11.0. The topological polar surface area (TPSA) is 40.5 Å². The largest absolute Gasteiger partial charge is 0.352 e. The average Bonchev–Trinajstić information content (AvgIpc) is 2.87. The Morgan fingerprint density at radius 3 is 2.59 bits per heavy atom. The van der Waals surface area contributed by atoms with Crippen LogP contribution in [0.4, 0.5) is 0 Å². The van der Waals surface area contributed by atoms with Crippen molar-refractivity contribution in [1.29, 1.82) is 0 Å². The van der Waals surface area contributed by atoms with E-state index in [4.69, 9.17) is 11.6 Å². The summed E-state index contributed by atoms with van der Waals surface area (Å²) in [5, 5.41) is 7.26. The molecular formula is C15H20ClIN4S. The Kier molecular flexibility index (Phi) is 8.13. The molecule has 0 bridgehead atoms. The zero-order valence-corrected chi connectivity index (χ0v) is 16.7. The molecule has 1 N–H and O–H groups in total. The molecule has 0 radical (unpaired) electrons. The van der Waals surface area contributed by atoms with Gasteiger partial charge in [-0.2, -0.15) is 0 Å². The highest BCUT2D eigenvalue weighted by molar-refractivity contribution is 14.0. The number of aryl methyl sites for hydroxylation is 1. The number of hydrogen-bond acceptors (Lipinski definition) is 3. The molecule has 0 unspecified atom stereocenters. The number of rotatable bonds is 4. The maximum Gasteiger partial charge on any atom is 0.194 e. The van der Waals surface area contributed by atoms with Gasteiger partial charge in [0.05, 0.1) is 17.2 Å². The second-order valence-corrected chi connectivity index (χ2v) is 6.24. The molecule has 120 valence electrons. The van der Waals surface area contributed by atoms with Gasteiger partial charge in [-0.25, -0.2) is 4.98 Å². The summed E-state index contributed by atoms with van der Waals surface area (Å²) in [6, 6.07) is 7.80. The Morgan fingerprint density at radius 1 is 1.36 bits per heavy atom. The summed E-state index contributed by atoms with van der Waals surface area (Å²) >= 11 is 7.55. The van der Waals surface area contributed by atoms with Gasteiger partial charge in [0.1, 0.15) is 0 Å². The number of thiazole rings is 1. The third kappa shape index (κ3) is 5.73. The minimum atomic E-state index is 0. The SMILES string of the molecule is CN=C(NCc1ccc(Cl)cc1)N(C)Cc1csc(C)n1.I. The Hall–Kier alpha value is -0.860. The van der Waals surface area contributed by atoms with E-state index in [0.29, 0.717) is 6.54 Å². The first-order chi connectivity index (χ1) is 10.1. The van der Waals surface area contributed by atoms with Crippen molar-refractivity contribution in [2.45, 2.75) is 20.0 Å². The highest BCUT2D eigenvalue weighted by Gasteiger charge is 2.08. The fourth-order valence-corrected chi connectivity index (χ4v) is 2.70. The maximum absolute atomic E-state index is 5.89. The number of guanidine groups is 1. The van der Waals surface area contributed by atoms with Crippen molar-refractivity contribution in [1.82, 2.24) is 15.2 Å². The number of nitrogens with one attached hydrogen (secondary N) is 1. The van der Waals surface area contributed by atoms with E-state index in [1.807, 2.05) is 38.2 Å². The number of benzene rings is 1. The van der Waals surface area contributed by atoms with Crippen LogP contribution in [0, 0.1) is 6.92 Å². The zero-order valence-electron chi connectivity index (χ0n) is 12.8. The first-order valence-electron chi connectivity index (χ1n) is 6.65. The van der Waals surface area contributed by atoms with Gasteiger partial charge in [-0.05, 0) is 24.6 Å². The van der Waals surface area contributed by atoms with E-state index in [1.54, 1.807) is 18.4 Å². The zero-order chi connectivity index (χ0) is 15.2. The lowest BCUT2D eigenvalue weighted by Crippen LogP contribution is -2.38. The van der Waals surface area contributed by atoms with Crippen LogP contribution in [0.2, 0.25) is 5.02 Å². The van der Waals surface area contributed by atoms with Crippen LogP contribution in [0.15, 0.2) is 34.6 Å². The van der Waals surface area contributed by atoms with Gasteiger partial charge >= 0.3 is 0 Å². The maximum atomic E-state index is 5.89. The molecule has 1 aromatic carbocycles. The van der Waals surface area contributed by atoms with Crippen LogP contribution in [-0.4, -0.2) is 29.9 Å². The Bertz CT molecular complexity index is 612. The van der Waals surface area contributed by atoms with E-state index in [-0.39, 0.29) is 24.0 Å². The summed E-state index contributed by atoms with van der Waals surface area (Å²) < 4.78 is 0. The first-order valence-corrected chi connectivity index (χ1v) is 7.91. The fraction of sp³-hybridized carbons (Fsp3) is 0.333. The smallest absolute Gasteiger partial charge is 0.194 e. The predicted octanol–water partition coefficient (Wildman–Crippen LogP) is 3.93. The lowest BCUT2D eigenvalue weighted by Gasteiger charge is -2.21. The molecule has 7 heteroatoms. The molecule has 4 nitrogen and oxygen atoms in total. The highest BCUT2D eigenvalue weighted by Crippen LogP contribution is 2.11. The van der Waals surface area contributed by atoms with Crippen molar-refractivity contribution in [2.75, 3.05) is 14.1 Å². The summed E-state index contributed by atoms with van der Waals surface area (Å²) in [4.78, 5) is 10.8. The average molecular weight is 451 g/mol. The van der Waals surface area contributed by atoms with E-state index < -0.39 is 0 Å². The van der Waals surface area contributed by atoms with Gasteiger partial charge in [0.15, 0.2) is 5.96 Å². The molecule has 0 aliphatic rings. The van der Waals surface area contributed by atoms with Crippen molar-refractivity contribution in [3.63, 3.8) is 0 Å². The fourth-order valence-electron chi connectivity index (χ4n) is 1.97. The Morgan fingerprint density at radius 2 is 2.05 bits per heavy atom. The lowest BCUT2D eigenvalue weighted by molar-refractivity contribution is 0.470. The minimum absolute atomic E-state index is 0. The van der Waals surface area contributed by atoms with Gasteiger partial charge < -0.3 is 10.2 Å². The summed E-state index contributed by atoms with van der Waals surface area (Å²) in [7, 11) is 3.79. The van der Waals surface area contributed by atoms with Crippen molar-refractivity contribution in [3.8, 4) is 0 Å². The summed E-state index contributed by atoms with van der Waals surface area (Å²) in [6.07, 6.45) is 0. The molecule has 0 atom stereocenters. The van der Waals surface area contributed by atoms with E-state index in [9.17, 15) is 0 Å². The molecule has 0 aliphatic carbocycles. The van der Waals surface area contributed by atoms with E-state index in [0.717, 1.165) is 28.2 Å². The van der Waals surface area contributed by atoms with Crippen LogP contribution in [0.1, 0.15) is 16.3 Å². The molecule has 1 heterocycles. The van der Waals surface area contributed by atoms with Crippen LogP contribution in [0.5, 0.6) is 0 Å². The number of aromatic nitrogens is 1. The van der Waals surface area contributed by atoms with Crippen LogP contribution in [0.3, 0.4) is 0 Å². The molecule has 22 heavy (non-hydrogen) atoms. The summed E-state index contributed by atoms with van der Waals surface area (Å²) in [5.41, 5.74) is 2.23. The van der Waals surface area contributed by atoms with Gasteiger partial charge in [-0.15, -0.1) is 35.3 Å². The van der Waals surface area contributed by atoms with Gasteiger partial charge in [0.25, 0.3) is 0 Å². The Balaban J connectivity index is 0.00000242. The molecule has 2 aromatic rings. The van der Waals surface area contributed by atoms with Crippen molar-refractivity contribution >= 4 is 52.9 Å². The van der Waals surface area contributed by atoms with E-state index in [1.165, 1.54) is 5.56 Å². The van der Waals surface area contributed by atoms with Crippen LogP contribution < -0.4 is 5.32 Å². The molecule has 0 spiro atoms. The summed E-state index contributed by atoms with van der Waals surface area (Å²) in [6.45, 7) is 3.47. The second kappa shape index (κ2) is 9.32. The number of aliphatic imine (C=N–C) groups is 1. The van der Waals surface area contributed by atoms with Crippen molar-refractivity contribution in [2.24, 2.45) is 4.99 Å². The highest BCUT2D eigenvalue weighted by atomic mass is 127. The number of hydrogen-bond donors (Lipinski definition) is 1. The van der Waals surface area contributed by atoms with Crippen molar-refractivity contribution < 1.29 is 0 Å². The molecule has 0 saturated carbocycles.